The van der Waals surface area contributed by atoms with Gasteiger partial charge < -0.3 is 5.11 Å². The van der Waals surface area contributed by atoms with E-state index in [0.29, 0.717) is 5.57 Å². The first-order valence-corrected chi connectivity index (χ1v) is 6.39. The molecule has 1 aromatic carbocycles. The molecule has 1 aromatic rings. The lowest BCUT2D eigenvalue weighted by Crippen LogP contribution is -2.05. The molecular formula is C16H20O2. The minimum absolute atomic E-state index is 0.426. The molecule has 0 aliphatic heterocycles. The number of carboxylic acids is 1. The fourth-order valence-electron chi connectivity index (χ4n) is 1.88. The van der Waals surface area contributed by atoms with Crippen LogP contribution in [-0.2, 0) is 4.79 Å². The van der Waals surface area contributed by atoms with E-state index in [4.69, 9.17) is 5.11 Å². The second-order valence-electron chi connectivity index (χ2n) is 3.98. The summed E-state index contributed by atoms with van der Waals surface area (Å²) in [5, 5.41) is 9.12. The molecule has 18 heavy (non-hydrogen) atoms. The first kappa shape index (κ1) is 14.2. The third kappa shape index (κ3) is 3.33. The summed E-state index contributed by atoms with van der Waals surface area (Å²) in [7, 11) is 0. The van der Waals surface area contributed by atoms with E-state index in [-0.39, 0.29) is 0 Å². The van der Waals surface area contributed by atoms with Gasteiger partial charge in [0.2, 0.25) is 0 Å². The highest BCUT2D eigenvalue weighted by Gasteiger charge is 2.16. The Balaban J connectivity index is 0.000000771. The van der Waals surface area contributed by atoms with Crippen molar-refractivity contribution in [2.24, 2.45) is 0 Å². The first-order valence-electron chi connectivity index (χ1n) is 6.39. The largest absolute Gasteiger partial charge is 0.478 e. The van der Waals surface area contributed by atoms with Gasteiger partial charge in [0, 0.05) is 0 Å². The lowest BCUT2D eigenvalue weighted by Gasteiger charge is -2.13. The Bertz CT molecular complexity index is 464. The van der Waals surface area contributed by atoms with Gasteiger partial charge in [0.25, 0.3) is 0 Å². The predicted octanol–water partition coefficient (Wildman–Crippen LogP) is 4.21. The monoisotopic (exact) mass is 244 g/mol. The maximum absolute atomic E-state index is 11.1. The Hall–Kier alpha value is -1.83. The van der Waals surface area contributed by atoms with Crippen molar-refractivity contribution in [1.82, 2.24) is 0 Å². The normalized spacial score (nSPS) is 13.9. The van der Waals surface area contributed by atoms with Crippen LogP contribution in [0.15, 0.2) is 42.0 Å². The van der Waals surface area contributed by atoms with Gasteiger partial charge in [-0.1, -0.05) is 55.8 Å². The van der Waals surface area contributed by atoms with Crippen LogP contribution in [0.5, 0.6) is 0 Å². The summed E-state index contributed by atoms with van der Waals surface area (Å²) >= 11 is 0. The van der Waals surface area contributed by atoms with Crippen LogP contribution in [0.3, 0.4) is 0 Å². The number of carbonyl (C=O) groups is 1. The van der Waals surface area contributed by atoms with Crippen LogP contribution in [0.4, 0.5) is 0 Å². The minimum Gasteiger partial charge on any atom is -0.478 e. The van der Waals surface area contributed by atoms with Crippen LogP contribution in [0.25, 0.3) is 5.57 Å². The van der Waals surface area contributed by atoms with Gasteiger partial charge in [-0.05, 0) is 30.9 Å². The quantitative estimate of drug-likeness (QED) is 0.846. The molecule has 0 atom stereocenters. The number of carboxylic acid groups (broad SMARTS) is 1. The summed E-state index contributed by atoms with van der Waals surface area (Å²) < 4.78 is 0. The van der Waals surface area contributed by atoms with Crippen LogP contribution >= 0.6 is 0 Å². The molecule has 2 heteroatoms. The van der Waals surface area contributed by atoms with Crippen LogP contribution in [0.2, 0.25) is 0 Å². The number of allylic oxidation sites excluding steroid dienone is 2. The topological polar surface area (TPSA) is 37.3 Å². The summed E-state index contributed by atoms with van der Waals surface area (Å²) in [6.45, 7) is 6.02. The fraction of sp³-hybridized carbons (Fsp3) is 0.312. The molecule has 0 spiro atoms. The number of benzene rings is 1. The SMILES string of the molecule is CC.Cc1ccc(C2=CCCC=C2C(=O)O)cc1. The van der Waals surface area contributed by atoms with Crippen molar-refractivity contribution in [3.05, 3.63) is 53.1 Å². The zero-order chi connectivity index (χ0) is 13.5. The molecule has 1 aliphatic carbocycles. The Labute approximate surface area is 109 Å². The summed E-state index contributed by atoms with van der Waals surface area (Å²) in [4.78, 5) is 11.1. The van der Waals surface area contributed by atoms with Crippen molar-refractivity contribution in [3.8, 4) is 0 Å². The van der Waals surface area contributed by atoms with Gasteiger partial charge in [0.1, 0.15) is 0 Å². The van der Waals surface area contributed by atoms with Crippen molar-refractivity contribution in [3.63, 3.8) is 0 Å². The Morgan fingerprint density at radius 1 is 1.06 bits per heavy atom. The molecule has 2 rings (SSSR count). The van der Waals surface area contributed by atoms with E-state index in [1.54, 1.807) is 6.08 Å². The van der Waals surface area contributed by atoms with Gasteiger partial charge in [0.05, 0.1) is 5.57 Å². The van der Waals surface area contributed by atoms with Crippen LogP contribution < -0.4 is 0 Å². The second-order valence-corrected chi connectivity index (χ2v) is 3.98. The Morgan fingerprint density at radius 2 is 1.61 bits per heavy atom. The Kier molecular flexibility index (Phi) is 5.37. The van der Waals surface area contributed by atoms with E-state index >= 15 is 0 Å². The molecule has 1 aliphatic rings. The van der Waals surface area contributed by atoms with E-state index in [0.717, 1.165) is 24.0 Å². The average Bonchev–Trinajstić information content (AvgIpc) is 2.42. The molecule has 2 nitrogen and oxygen atoms in total. The lowest BCUT2D eigenvalue weighted by molar-refractivity contribution is -0.132. The maximum Gasteiger partial charge on any atom is 0.335 e. The van der Waals surface area contributed by atoms with Gasteiger partial charge in [0.15, 0.2) is 0 Å². The highest BCUT2D eigenvalue weighted by Crippen LogP contribution is 2.28. The van der Waals surface area contributed by atoms with E-state index in [2.05, 4.69) is 0 Å². The molecular weight excluding hydrogens is 224 g/mol. The van der Waals surface area contributed by atoms with E-state index < -0.39 is 5.97 Å². The van der Waals surface area contributed by atoms with Crippen molar-refractivity contribution in [2.75, 3.05) is 0 Å². The van der Waals surface area contributed by atoms with Crippen LogP contribution in [0.1, 0.15) is 37.8 Å². The molecule has 0 amide bonds. The number of aliphatic carboxylic acids is 1. The van der Waals surface area contributed by atoms with E-state index in [1.165, 1.54) is 5.56 Å². The van der Waals surface area contributed by atoms with Gasteiger partial charge in [-0.25, -0.2) is 4.79 Å². The average molecular weight is 244 g/mol. The van der Waals surface area contributed by atoms with E-state index in [1.807, 2.05) is 51.1 Å². The molecule has 0 aromatic heterocycles. The molecule has 1 N–H and O–H groups in total. The number of aryl methyl sites for hydroxylation is 1. The lowest BCUT2D eigenvalue weighted by atomic mass is 9.91. The van der Waals surface area contributed by atoms with Crippen molar-refractivity contribution in [2.45, 2.75) is 33.6 Å². The summed E-state index contributed by atoms with van der Waals surface area (Å²) in [5.74, 6) is -0.841. The van der Waals surface area contributed by atoms with Gasteiger partial charge in [-0.3, -0.25) is 0 Å². The third-order valence-corrected chi connectivity index (χ3v) is 2.75. The molecule has 0 unspecified atom stereocenters. The highest BCUT2D eigenvalue weighted by atomic mass is 16.4. The fourth-order valence-corrected chi connectivity index (χ4v) is 1.88. The summed E-state index contributed by atoms with van der Waals surface area (Å²) in [6.07, 6.45) is 5.54. The number of rotatable bonds is 2. The predicted molar refractivity (Wildman–Crippen MR) is 75.5 cm³/mol. The summed E-state index contributed by atoms with van der Waals surface area (Å²) in [5.41, 5.74) is 3.44. The zero-order valence-corrected chi connectivity index (χ0v) is 11.2. The maximum atomic E-state index is 11.1. The molecule has 96 valence electrons. The highest BCUT2D eigenvalue weighted by molar-refractivity contribution is 6.05. The van der Waals surface area contributed by atoms with Crippen molar-refractivity contribution >= 4 is 11.5 Å². The summed E-state index contributed by atoms with van der Waals surface area (Å²) in [6, 6.07) is 7.96. The molecule has 0 saturated heterocycles. The van der Waals surface area contributed by atoms with Gasteiger partial charge >= 0.3 is 5.97 Å². The van der Waals surface area contributed by atoms with Crippen molar-refractivity contribution in [1.29, 1.82) is 0 Å². The smallest absolute Gasteiger partial charge is 0.335 e. The first-order chi connectivity index (χ1) is 8.68. The zero-order valence-electron chi connectivity index (χ0n) is 11.2. The molecule has 0 radical (unpaired) electrons. The van der Waals surface area contributed by atoms with Crippen LogP contribution in [-0.4, -0.2) is 11.1 Å². The molecule has 0 bridgehead atoms. The third-order valence-electron chi connectivity index (χ3n) is 2.75. The standard InChI is InChI=1S/C14H14O2.C2H6/c1-10-6-8-11(9-7-10)12-4-2-3-5-13(12)14(15)16;1-2/h4-9H,2-3H2,1H3,(H,15,16);1-2H3. The van der Waals surface area contributed by atoms with Gasteiger partial charge in [-0.2, -0.15) is 0 Å². The second kappa shape index (κ2) is 6.80. The van der Waals surface area contributed by atoms with E-state index in [9.17, 15) is 4.79 Å². The molecule has 0 saturated carbocycles. The molecule has 0 fully saturated rings. The Morgan fingerprint density at radius 3 is 2.17 bits per heavy atom. The molecule has 0 heterocycles. The minimum atomic E-state index is -0.841. The van der Waals surface area contributed by atoms with Crippen LogP contribution in [0, 0.1) is 6.92 Å². The number of hydrogen-bond acceptors (Lipinski definition) is 1. The van der Waals surface area contributed by atoms with Crippen molar-refractivity contribution < 1.29 is 9.90 Å². The number of hydrogen-bond donors (Lipinski definition) is 1. The van der Waals surface area contributed by atoms with Gasteiger partial charge in [-0.15, -0.1) is 0 Å².